The van der Waals surface area contributed by atoms with Gasteiger partial charge in [0.2, 0.25) is 0 Å². The van der Waals surface area contributed by atoms with Gasteiger partial charge in [0.05, 0.1) is 17.7 Å². The summed E-state index contributed by atoms with van der Waals surface area (Å²) in [6, 6.07) is 3.69. The number of halogens is 1. The van der Waals surface area contributed by atoms with Crippen LogP contribution in [0.4, 0.5) is 0 Å². The number of hydrogen-bond donors (Lipinski definition) is 1. The van der Waals surface area contributed by atoms with E-state index in [-0.39, 0.29) is 5.91 Å². The van der Waals surface area contributed by atoms with Crippen LogP contribution >= 0.6 is 28.1 Å². The number of nitrogens with one attached hydrogen (secondary N) is 1. The Balaban J connectivity index is 2.42. The summed E-state index contributed by atoms with van der Waals surface area (Å²) in [5.74, 6) is 1.22. The van der Waals surface area contributed by atoms with Crippen molar-refractivity contribution in [2.75, 3.05) is 19.8 Å². The van der Waals surface area contributed by atoms with Crippen LogP contribution in [0.1, 0.15) is 26.3 Å². The van der Waals surface area contributed by atoms with E-state index in [0.29, 0.717) is 42.1 Å². The highest BCUT2D eigenvalue weighted by Crippen LogP contribution is 2.34. The van der Waals surface area contributed by atoms with Gasteiger partial charge in [-0.15, -0.1) is 0 Å². The van der Waals surface area contributed by atoms with Crippen molar-refractivity contribution < 1.29 is 14.3 Å². The third-order valence-corrected chi connectivity index (χ3v) is 4.18. The molecule has 124 valence electrons. The van der Waals surface area contributed by atoms with Crippen molar-refractivity contribution in [3.05, 3.63) is 27.9 Å². The largest absolute Gasteiger partial charge is 0.493 e. The number of amides is 1. The first-order valence-electron chi connectivity index (χ1n) is 7.45. The molecule has 23 heavy (non-hydrogen) atoms. The second-order valence-corrected chi connectivity index (χ2v) is 5.97. The number of benzene rings is 1. The average molecular weight is 399 g/mol. The van der Waals surface area contributed by atoms with E-state index < -0.39 is 0 Å². The van der Waals surface area contributed by atoms with Gasteiger partial charge < -0.3 is 14.8 Å². The molecule has 1 heterocycles. The predicted octanol–water partition coefficient (Wildman–Crippen LogP) is 3.32. The Kier molecular flexibility index (Phi) is 6.01. The molecule has 5 nitrogen and oxygen atoms in total. The monoisotopic (exact) mass is 398 g/mol. The summed E-state index contributed by atoms with van der Waals surface area (Å²) in [6.45, 7) is 7.33. The molecule has 0 saturated carbocycles. The Morgan fingerprint density at radius 2 is 1.87 bits per heavy atom. The lowest BCUT2D eigenvalue weighted by Crippen LogP contribution is -2.30. The normalized spacial score (nSPS) is 16.0. The van der Waals surface area contributed by atoms with Crippen LogP contribution in [0.15, 0.2) is 22.3 Å². The Morgan fingerprint density at radius 3 is 2.43 bits per heavy atom. The molecule has 2 rings (SSSR count). The lowest BCUT2D eigenvalue weighted by molar-refractivity contribution is -0.122. The van der Waals surface area contributed by atoms with Crippen LogP contribution in [-0.2, 0) is 4.79 Å². The van der Waals surface area contributed by atoms with Crippen LogP contribution in [0.2, 0.25) is 0 Å². The van der Waals surface area contributed by atoms with Gasteiger partial charge in [-0.1, -0.05) is 0 Å². The van der Waals surface area contributed by atoms with E-state index in [1.807, 2.05) is 32.9 Å². The van der Waals surface area contributed by atoms with Crippen molar-refractivity contribution in [1.82, 2.24) is 10.2 Å². The molecule has 0 bridgehead atoms. The zero-order valence-corrected chi connectivity index (χ0v) is 15.7. The van der Waals surface area contributed by atoms with Crippen molar-refractivity contribution >= 4 is 45.2 Å². The molecule has 0 unspecified atom stereocenters. The second-order valence-electron chi connectivity index (χ2n) is 4.72. The Labute approximate surface area is 149 Å². The zero-order chi connectivity index (χ0) is 17.0. The Morgan fingerprint density at radius 1 is 1.22 bits per heavy atom. The van der Waals surface area contributed by atoms with Gasteiger partial charge in [0.15, 0.2) is 5.11 Å². The number of likely N-dealkylation sites (N-methyl/N-ethyl adjacent to an activating group) is 1. The Hall–Kier alpha value is -1.60. The van der Waals surface area contributed by atoms with Gasteiger partial charge >= 0.3 is 0 Å². The second kappa shape index (κ2) is 7.79. The number of rotatable bonds is 6. The fourth-order valence-electron chi connectivity index (χ4n) is 2.22. The summed E-state index contributed by atoms with van der Waals surface area (Å²) in [7, 11) is 0. The first-order valence-corrected chi connectivity index (χ1v) is 8.65. The third-order valence-electron chi connectivity index (χ3n) is 3.24. The van der Waals surface area contributed by atoms with Gasteiger partial charge in [0, 0.05) is 18.2 Å². The van der Waals surface area contributed by atoms with E-state index >= 15 is 0 Å². The van der Waals surface area contributed by atoms with E-state index in [1.165, 1.54) is 4.90 Å². The number of carbonyl (C=O) groups is 1. The molecule has 1 aromatic rings. The van der Waals surface area contributed by atoms with Gasteiger partial charge in [-0.3, -0.25) is 9.69 Å². The summed E-state index contributed by atoms with van der Waals surface area (Å²) < 4.78 is 12.0. The summed E-state index contributed by atoms with van der Waals surface area (Å²) >= 11 is 8.65. The summed E-state index contributed by atoms with van der Waals surface area (Å²) in [6.07, 6.45) is 1.75. The van der Waals surface area contributed by atoms with Crippen LogP contribution in [0, 0.1) is 0 Å². The molecule has 1 amide bonds. The molecule has 1 aromatic carbocycles. The van der Waals surface area contributed by atoms with Crippen molar-refractivity contribution in [2.24, 2.45) is 0 Å². The smallest absolute Gasteiger partial charge is 0.276 e. The minimum absolute atomic E-state index is 0.134. The van der Waals surface area contributed by atoms with E-state index in [1.54, 1.807) is 6.08 Å². The standard InChI is InChI=1S/C16H19BrN2O3S/c1-4-19-15(20)12(18-16(19)23)8-10-7-11(17)14(22-6-3)9-13(10)21-5-2/h7-9H,4-6H2,1-3H3,(H,18,23)/b12-8-. The number of hydrogen-bond acceptors (Lipinski definition) is 4. The summed E-state index contributed by atoms with van der Waals surface area (Å²) in [5, 5.41) is 3.37. The van der Waals surface area contributed by atoms with Gasteiger partial charge in [-0.25, -0.2) is 0 Å². The van der Waals surface area contributed by atoms with Gasteiger partial charge in [0.1, 0.15) is 17.2 Å². The average Bonchev–Trinajstić information content (AvgIpc) is 2.78. The number of carbonyl (C=O) groups excluding carboxylic acids is 1. The molecule has 0 aliphatic carbocycles. The molecule has 0 aromatic heterocycles. The van der Waals surface area contributed by atoms with Crippen molar-refractivity contribution in [1.29, 1.82) is 0 Å². The van der Waals surface area contributed by atoms with E-state index in [9.17, 15) is 4.79 Å². The number of nitrogens with zero attached hydrogens (tertiary/aromatic N) is 1. The molecule has 1 aliphatic heterocycles. The first kappa shape index (κ1) is 17.7. The van der Waals surface area contributed by atoms with Crippen LogP contribution in [0.5, 0.6) is 11.5 Å². The van der Waals surface area contributed by atoms with Crippen LogP contribution in [0.3, 0.4) is 0 Å². The van der Waals surface area contributed by atoms with Crippen LogP contribution in [0.25, 0.3) is 6.08 Å². The molecule has 0 atom stereocenters. The fraction of sp³-hybridized carbons (Fsp3) is 0.375. The molecule has 1 aliphatic rings. The Bertz CT molecular complexity index is 661. The van der Waals surface area contributed by atoms with Crippen LogP contribution < -0.4 is 14.8 Å². The summed E-state index contributed by atoms with van der Waals surface area (Å²) in [5.41, 5.74) is 1.22. The minimum Gasteiger partial charge on any atom is -0.493 e. The number of ether oxygens (including phenoxy) is 2. The highest BCUT2D eigenvalue weighted by molar-refractivity contribution is 9.10. The lowest BCUT2D eigenvalue weighted by Gasteiger charge is -2.13. The molecule has 0 radical (unpaired) electrons. The van der Waals surface area contributed by atoms with Crippen molar-refractivity contribution in [3.63, 3.8) is 0 Å². The molecule has 1 saturated heterocycles. The van der Waals surface area contributed by atoms with E-state index in [2.05, 4.69) is 21.2 Å². The maximum Gasteiger partial charge on any atom is 0.276 e. The lowest BCUT2D eigenvalue weighted by atomic mass is 10.1. The fourth-order valence-corrected chi connectivity index (χ4v) is 3.02. The third kappa shape index (κ3) is 3.84. The minimum atomic E-state index is -0.134. The maximum atomic E-state index is 12.3. The maximum absolute atomic E-state index is 12.3. The molecule has 0 spiro atoms. The zero-order valence-electron chi connectivity index (χ0n) is 13.3. The molecule has 1 N–H and O–H groups in total. The van der Waals surface area contributed by atoms with Gasteiger partial charge in [-0.05, 0) is 61.1 Å². The first-order chi connectivity index (χ1) is 11.0. The highest BCUT2D eigenvalue weighted by atomic mass is 79.9. The highest BCUT2D eigenvalue weighted by Gasteiger charge is 2.29. The molecule has 1 fully saturated rings. The van der Waals surface area contributed by atoms with Gasteiger partial charge in [0.25, 0.3) is 5.91 Å². The van der Waals surface area contributed by atoms with Crippen molar-refractivity contribution in [3.8, 4) is 11.5 Å². The van der Waals surface area contributed by atoms with Crippen LogP contribution in [-0.4, -0.2) is 35.7 Å². The van der Waals surface area contributed by atoms with E-state index in [0.717, 1.165) is 10.0 Å². The molecular formula is C16H19BrN2O3S. The number of thiocarbonyl (C=S) groups is 1. The molecular weight excluding hydrogens is 380 g/mol. The van der Waals surface area contributed by atoms with Crippen molar-refractivity contribution in [2.45, 2.75) is 20.8 Å². The summed E-state index contributed by atoms with van der Waals surface area (Å²) in [4.78, 5) is 13.8. The van der Waals surface area contributed by atoms with E-state index in [4.69, 9.17) is 21.7 Å². The van der Waals surface area contributed by atoms with Gasteiger partial charge in [-0.2, -0.15) is 0 Å². The predicted molar refractivity (Wildman–Crippen MR) is 97.6 cm³/mol. The molecule has 7 heteroatoms. The SMILES string of the molecule is CCOc1cc(OCC)c(/C=C2\NC(=S)N(CC)C2=O)cc1Br. The topological polar surface area (TPSA) is 50.8 Å². The quantitative estimate of drug-likeness (QED) is 0.588.